The second-order valence-electron chi connectivity index (χ2n) is 2.67. The van der Waals surface area contributed by atoms with Crippen molar-refractivity contribution in [2.75, 3.05) is 25.5 Å². The second kappa shape index (κ2) is 6.62. The zero-order valence-corrected chi connectivity index (χ0v) is 8.66. The van der Waals surface area contributed by atoms with Gasteiger partial charge in [-0.25, -0.2) is 4.98 Å². The Morgan fingerprint density at radius 1 is 1.53 bits per heavy atom. The Hall–Kier alpha value is -1.80. The molecule has 5 nitrogen and oxygen atoms in total. The number of methoxy groups -OCH3 is 1. The Balaban J connectivity index is 2.41. The molecule has 0 saturated carbocycles. The van der Waals surface area contributed by atoms with Gasteiger partial charge in [-0.15, -0.1) is 5.92 Å². The lowest BCUT2D eigenvalue weighted by Gasteiger charge is -2.01. The average molecular weight is 206 g/mol. The van der Waals surface area contributed by atoms with Gasteiger partial charge in [0.15, 0.2) is 0 Å². The van der Waals surface area contributed by atoms with Gasteiger partial charge in [-0.05, 0) is 0 Å². The topological polar surface area (TPSA) is 73.1 Å². The lowest BCUT2D eigenvalue weighted by atomic mass is 10.4. The van der Waals surface area contributed by atoms with Crippen LogP contribution in [0.2, 0.25) is 0 Å². The minimum Gasteiger partial charge on any atom is -0.481 e. The molecule has 80 valence electrons. The molecule has 1 heterocycles. The lowest BCUT2D eigenvalue weighted by molar-refractivity contribution is 0.397. The zero-order chi connectivity index (χ0) is 10.9. The van der Waals surface area contributed by atoms with E-state index in [0.717, 1.165) is 0 Å². The van der Waals surface area contributed by atoms with Gasteiger partial charge in [0.1, 0.15) is 0 Å². The number of nitrogens with zero attached hydrogens (tertiary/aromatic N) is 2. The van der Waals surface area contributed by atoms with E-state index >= 15 is 0 Å². The fourth-order valence-electron chi connectivity index (χ4n) is 0.887. The average Bonchev–Trinajstić information content (AvgIpc) is 2.29. The maximum atomic E-state index is 5.30. The molecule has 0 unspecified atom stereocenters. The molecule has 3 N–H and O–H groups in total. The number of nitrogens with one attached hydrogen (secondary N) is 1. The van der Waals surface area contributed by atoms with Gasteiger partial charge in [-0.1, -0.05) is 5.92 Å². The summed E-state index contributed by atoms with van der Waals surface area (Å²) < 4.78 is 4.96. The van der Waals surface area contributed by atoms with Crippen LogP contribution in [-0.2, 0) is 0 Å². The van der Waals surface area contributed by atoms with Crippen molar-refractivity contribution < 1.29 is 4.74 Å². The van der Waals surface area contributed by atoms with Crippen LogP contribution >= 0.6 is 0 Å². The molecule has 0 amide bonds. The predicted molar refractivity (Wildman–Crippen MR) is 58.5 cm³/mol. The maximum absolute atomic E-state index is 5.30. The van der Waals surface area contributed by atoms with Crippen molar-refractivity contribution in [3.63, 3.8) is 0 Å². The minimum atomic E-state index is 0.507. The van der Waals surface area contributed by atoms with Gasteiger partial charge in [0.25, 0.3) is 0 Å². The van der Waals surface area contributed by atoms with Crippen LogP contribution in [0.5, 0.6) is 5.88 Å². The summed E-state index contributed by atoms with van der Waals surface area (Å²) in [6.45, 7) is 1.09. The van der Waals surface area contributed by atoms with E-state index in [2.05, 4.69) is 27.1 Å². The number of hydrogen-bond acceptors (Lipinski definition) is 5. The summed E-state index contributed by atoms with van der Waals surface area (Å²) >= 11 is 0. The molecule has 0 saturated heterocycles. The molecule has 15 heavy (non-hydrogen) atoms. The number of anilines is 1. The molecule has 0 aliphatic rings. The van der Waals surface area contributed by atoms with Gasteiger partial charge < -0.3 is 15.8 Å². The standard InChI is InChI=1S/C10H14N4O/c1-15-9-5-8-13-10(14-9)12-7-4-2-3-6-11/h5,8H,3,6-7,11H2,1H3,(H,12,13,14). The fourth-order valence-corrected chi connectivity index (χ4v) is 0.887. The van der Waals surface area contributed by atoms with Crippen molar-refractivity contribution in [2.45, 2.75) is 6.42 Å². The van der Waals surface area contributed by atoms with Crippen LogP contribution in [0.25, 0.3) is 0 Å². The molecular weight excluding hydrogens is 192 g/mol. The van der Waals surface area contributed by atoms with E-state index in [1.54, 1.807) is 19.4 Å². The highest BCUT2D eigenvalue weighted by atomic mass is 16.5. The highest BCUT2D eigenvalue weighted by molar-refractivity contribution is 5.29. The van der Waals surface area contributed by atoms with Crippen LogP contribution in [-0.4, -0.2) is 30.2 Å². The van der Waals surface area contributed by atoms with Crippen LogP contribution in [0.3, 0.4) is 0 Å². The lowest BCUT2D eigenvalue weighted by Crippen LogP contribution is -2.04. The molecule has 0 aromatic carbocycles. The molecule has 0 fully saturated rings. The largest absolute Gasteiger partial charge is 0.481 e. The third-order valence-electron chi connectivity index (χ3n) is 1.57. The van der Waals surface area contributed by atoms with Crippen molar-refractivity contribution in [1.82, 2.24) is 9.97 Å². The van der Waals surface area contributed by atoms with E-state index in [1.807, 2.05) is 0 Å². The number of rotatable bonds is 4. The van der Waals surface area contributed by atoms with Crippen LogP contribution in [0, 0.1) is 11.8 Å². The van der Waals surface area contributed by atoms with E-state index in [4.69, 9.17) is 10.5 Å². The Kier molecular flexibility index (Phi) is 4.98. The molecule has 1 rings (SSSR count). The van der Waals surface area contributed by atoms with Gasteiger partial charge in [0.05, 0.1) is 13.7 Å². The molecule has 1 aromatic heterocycles. The fraction of sp³-hybridized carbons (Fsp3) is 0.400. The normalized spacial score (nSPS) is 8.93. The van der Waals surface area contributed by atoms with Gasteiger partial charge in [0, 0.05) is 25.2 Å². The van der Waals surface area contributed by atoms with E-state index in [9.17, 15) is 0 Å². The van der Waals surface area contributed by atoms with Gasteiger partial charge in [-0.2, -0.15) is 4.98 Å². The number of aromatic nitrogens is 2. The van der Waals surface area contributed by atoms with Crippen molar-refractivity contribution in [3.05, 3.63) is 12.3 Å². The number of hydrogen-bond donors (Lipinski definition) is 2. The van der Waals surface area contributed by atoms with Crippen LogP contribution in [0.1, 0.15) is 6.42 Å². The first kappa shape index (κ1) is 11.3. The van der Waals surface area contributed by atoms with Crippen LogP contribution < -0.4 is 15.8 Å². The minimum absolute atomic E-state index is 0.507. The molecular formula is C10H14N4O. The molecule has 0 aliphatic heterocycles. The molecule has 5 heteroatoms. The second-order valence-corrected chi connectivity index (χ2v) is 2.67. The first-order chi connectivity index (χ1) is 7.36. The van der Waals surface area contributed by atoms with E-state index in [0.29, 0.717) is 31.3 Å². The van der Waals surface area contributed by atoms with E-state index in [-0.39, 0.29) is 0 Å². The molecule has 0 atom stereocenters. The third kappa shape index (κ3) is 4.29. The van der Waals surface area contributed by atoms with Crippen molar-refractivity contribution >= 4 is 5.95 Å². The molecule has 0 aliphatic carbocycles. The Bertz CT molecular complexity index is 356. The van der Waals surface area contributed by atoms with Crippen LogP contribution in [0.4, 0.5) is 5.95 Å². The number of ether oxygens (including phenoxy) is 1. The third-order valence-corrected chi connectivity index (χ3v) is 1.57. The number of nitrogens with two attached hydrogens (primary N) is 1. The summed E-state index contributed by atoms with van der Waals surface area (Å²) in [7, 11) is 1.56. The Labute approximate surface area is 89.1 Å². The summed E-state index contributed by atoms with van der Waals surface area (Å²) in [5, 5.41) is 2.96. The monoisotopic (exact) mass is 206 g/mol. The van der Waals surface area contributed by atoms with Crippen molar-refractivity contribution in [1.29, 1.82) is 0 Å². The highest BCUT2D eigenvalue weighted by Gasteiger charge is 1.95. The zero-order valence-electron chi connectivity index (χ0n) is 8.66. The molecule has 0 bridgehead atoms. The van der Waals surface area contributed by atoms with Crippen LogP contribution in [0.15, 0.2) is 12.3 Å². The predicted octanol–water partition coefficient (Wildman–Crippen LogP) is 0.249. The molecule has 0 spiro atoms. The molecule has 0 radical (unpaired) electrons. The van der Waals surface area contributed by atoms with E-state index in [1.165, 1.54) is 0 Å². The summed E-state index contributed by atoms with van der Waals surface area (Å²) in [6.07, 6.45) is 2.34. The summed E-state index contributed by atoms with van der Waals surface area (Å²) in [4.78, 5) is 8.08. The SMILES string of the molecule is COc1ccnc(NCC#CCCN)n1. The highest BCUT2D eigenvalue weighted by Crippen LogP contribution is 2.06. The Morgan fingerprint density at radius 3 is 3.13 bits per heavy atom. The summed E-state index contributed by atoms with van der Waals surface area (Å²) in [6, 6.07) is 1.69. The summed E-state index contributed by atoms with van der Waals surface area (Å²) in [5.74, 6) is 6.86. The van der Waals surface area contributed by atoms with E-state index < -0.39 is 0 Å². The van der Waals surface area contributed by atoms with Gasteiger partial charge >= 0.3 is 0 Å². The first-order valence-corrected chi connectivity index (χ1v) is 4.63. The smallest absolute Gasteiger partial charge is 0.226 e. The quantitative estimate of drug-likeness (QED) is 0.691. The first-order valence-electron chi connectivity index (χ1n) is 4.63. The van der Waals surface area contributed by atoms with Gasteiger partial charge in [-0.3, -0.25) is 0 Å². The van der Waals surface area contributed by atoms with Crippen molar-refractivity contribution in [2.24, 2.45) is 5.73 Å². The molecule has 1 aromatic rings. The maximum Gasteiger partial charge on any atom is 0.226 e. The summed E-state index contributed by atoms with van der Waals surface area (Å²) in [5.41, 5.74) is 5.30. The Morgan fingerprint density at radius 2 is 2.40 bits per heavy atom. The van der Waals surface area contributed by atoms with Crippen molar-refractivity contribution in [3.8, 4) is 17.7 Å². The van der Waals surface area contributed by atoms with Gasteiger partial charge in [0.2, 0.25) is 11.8 Å².